The lowest BCUT2D eigenvalue weighted by atomic mass is 10.0. The standard InChI is InChI=1S/C21H30FN3O3/c22-17-5-3-16(4-6-17)14-24-9-7-18(8-10-24)23-21(26)25-11-13-27-15-19(25)20-2-1-12-28-20/h3-6,18-20H,1-2,7-15H2,(H,23,26). The molecule has 6 nitrogen and oxygen atoms in total. The van der Waals surface area contributed by atoms with Crippen LogP contribution in [0.2, 0.25) is 0 Å². The van der Waals surface area contributed by atoms with Gasteiger partial charge >= 0.3 is 6.03 Å². The molecule has 28 heavy (non-hydrogen) atoms. The fourth-order valence-corrected chi connectivity index (χ4v) is 4.43. The average molecular weight is 391 g/mol. The summed E-state index contributed by atoms with van der Waals surface area (Å²) in [4.78, 5) is 17.2. The molecule has 0 saturated carbocycles. The number of likely N-dealkylation sites (tertiary alicyclic amines) is 1. The average Bonchev–Trinajstić information content (AvgIpc) is 3.26. The van der Waals surface area contributed by atoms with Gasteiger partial charge in [-0.25, -0.2) is 9.18 Å². The predicted molar refractivity (Wildman–Crippen MR) is 104 cm³/mol. The first-order chi connectivity index (χ1) is 13.7. The van der Waals surface area contributed by atoms with Gasteiger partial charge in [0, 0.05) is 38.8 Å². The van der Waals surface area contributed by atoms with Gasteiger partial charge in [0.15, 0.2) is 0 Å². The topological polar surface area (TPSA) is 54.0 Å². The minimum absolute atomic E-state index is 0.0146. The summed E-state index contributed by atoms with van der Waals surface area (Å²) in [6.07, 6.45) is 4.02. The van der Waals surface area contributed by atoms with Crippen LogP contribution in [0.25, 0.3) is 0 Å². The van der Waals surface area contributed by atoms with E-state index in [1.807, 2.05) is 17.0 Å². The number of hydrogen-bond donors (Lipinski definition) is 1. The first-order valence-corrected chi connectivity index (χ1v) is 10.4. The fraction of sp³-hybridized carbons (Fsp3) is 0.667. The highest BCUT2D eigenvalue weighted by molar-refractivity contribution is 5.75. The smallest absolute Gasteiger partial charge is 0.318 e. The van der Waals surface area contributed by atoms with E-state index in [0.29, 0.717) is 19.8 Å². The van der Waals surface area contributed by atoms with Gasteiger partial charge in [0.1, 0.15) is 5.82 Å². The molecular formula is C21H30FN3O3. The van der Waals surface area contributed by atoms with Gasteiger partial charge in [-0.3, -0.25) is 4.90 Å². The zero-order chi connectivity index (χ0) is 19.3. The zero-order valence-electron chi connectivity index (χ0n) is 16.3. The Hall–Kier alpha value is -1.70. The van der Waals surface area contributed by atoms with Crippen molar-refractivity contribution >= 4 is 6.03 Å². The molecule has 3 aliphatic heterocycles. The zero-order valence-corrected chi connectivity index (χ0v) is 16.3. The summed E-state index contributed by atoms with van der Waals surface area (Å²) in [6.45, 7) is 5.25. The van der Waals surface area contributed by atoms with E-state index in [0.717, 1.165) is 57.5 Å². The Morgan fingerprint density at radius 1 is 1.11 bits per heavy atom. The van der Waals surface area contributed by atoms with Crippen LogP contribution in [0.1, 0.15) is 31.2 Å². The lowest BCUT2D eigenvalue weighted by molar-refractivity contribution is -0.0478. The molecular weight excluding hydrogens is 361 g/mol. The van der Waals surface area contributed by atoms with Crippen LogP contribution in [0.3, 0.4) is 0 Å². The van der Waals surface area contributed by atoms with E-state index < -0.39 is 0 Å². The lowest BCUT2D eigenvalue weighted by Gasteiger charge is -2.40. The van der Waals surface area contributed by atoms with Crippen LogP contribution >= 0.6 is 0 Å². The van der Waals surface area contributed by atoms with Crippen molar-refractivity contribution in [3.05, 3.63) is 35.6 Å². The van der Waals surface area contributed by atoms with Crippen molar-refractivity contribution in [2.24, 2.45) is 0 Å². The fourth-order valence-electron chi connectivity index (χ4n) is 4.43. The summed E-state index contributed by atoms with van der Waals surface area (Å²) in [5.41, 5.74) is 1.12. The molecule has 154 valence electrons. The first-order valence-electron chi connectivity index (χ1n) is 10.4. The SMILES string of the molecule is O=C(NC1CCN(Cc2ccc(F)cc2)CC1)N1CCOCC1C1CCCO1. The minimum atomic E-state index is -0.199. The second-order valence-corrected chi connectivity index (χ2v) is 8.01. The molecule has 4 rings (SSSR count). The Labute approximate surface area is 166 Å². The number of nitrogens with zero attached hydrogens (tertiary/aromatic N) is 2. The van der Waals surface area contributed by atoms with Gasteiger partial charge in [-0.2, -0.15) is 0 Å². The molecule has 0 bridgehead atoms. The van der Waals surface area contributed by atoms with E-state index in [4.69, 9.17) is 9.47 Å². The Bertz CT molecular complexity index is 643. The number of morpholine rings is 1. The van der Waals surface area contributed by atoms with Crippen molar-refractivity contribution in [1.82, 2.24) is 15.1 Å². The van der Waals surface area contributed by atoms with Gasteiger partial charge in [-0.05, 0) is 43.4 Å². The van der Waals surface area contributed by atoms with Crippen molar-refractivity contribution in [3.63, 3.8) is 0 Å². The summed E-state index contributed by atoms with van der Waals surface area (Å²) >= 11 is 0. The maximum atomic E-state index is 13.0. The molecule has 3 heterocycles. The molecule has 1 N–H and O–H groups in total. The van der Waals surface area contributed by atoms with Crippen LogP contribution in [0, 0.1) is 5.82 Å². The molecule has 2 unspecified atom stereocenters. The monoisotopic (exact) mass is 391 g/mol. The molecule has 2 amide bonds. The van der Waals surface area contributed by atoms with Gasteiger partial charge in [0.25, 0.3) is 0 Å². The molecule has 0 radical (unpaired) electrons. The number of carbonyl (C=O) groups excluding carboxylic acids is 1. The van der Waals surface area contributed by atoms with Crippen LogP contribution in [-0.4, -0.2) is 73.5 Å². The molecule has 1 aromatic rings. The normalized spacial score (nSPS) is 27.1. The van der Waals surface area contributed by atoms with E-state index in [2.05, 4.69) is 10.2 Å². The maximum absolute atomic E-state index is 13.0. The molecule has 0 aromatic heterocycles. The van der Waals surface area contributed by atoms with Crippen molar-refractivity contribution in [1.29, 1.82) is 0 Å². The summed E-state index contributed by atoms with van der Waals surface area (Å²) < 4.78 is 24.5. The first kappa shape index (κ1) is 19.6. The molecule has 3 fully saturated rings. The number of rotatable bonds is 4. The molecule has 3 saturated heterocycles. The van der Waals surface area contributed by atoms with Crippen LogP contribution in [0.15, 0.2) is 24.3 Å². The largest absolute Gasteiger partial charge is 0.377 e. The van der Waals surface area contributed by atoms with Gasteiger partial charge in [0.2, 0.25) is 0 Å². The third-order valence-corrected chi connectivity index (χ3v) is 6.06. The van der Waals surface area contributed by atoms with Gasteiger partial charge in [0.05, 0.1) is 25.4 Å². The van der Waals surface area contributed by atoms with Gasteiger partial charge in [-0.15, -0.1) is 0 Å². The lowest BCUT2D eigenvalue weighted by Crippen LogP contribution is -2.58. The molecule has 0 aliphatic carbocycles. The third kappa shape index (κ3) is 4.82. The summed E-state index contributed by atoms with van der Waals surface area (Å²) in [5, 5.41) is 3.23. The van der Waals surface area contributed by atoms with Crippen molar-refractivity contribution in [3.8, 4) is 0 Å². The van der Waals surface area contributed by atoms with E-state index in [1.54, 1.807) is 0 Å². The van der Waals surface area contributed by atoms with Crippen LogP contribution in [0.5, 0.6) is 0 Å². The number of amides is 2. The van der Waals surface area contributed by atoms with Crippen molar-refractivity contribution < 1.29 is 18.7 Å². The van der Waals surface area contributed by atoms with Crippen LogP contribution < -0.4 is 5.32 Å². The third-order valence-electron chi connectivity index (χ3n) is 6.06. The summed E-state index contributed by atoms with van der Waals surface area (Å²) in [6, 6.07) is 6.93. The molecule has 3 aliphatic rings. The number of carbonyl (C=O) groups is 1. The molecule has 0 spiro atoms. The quantitative estimate of drug-likeness (QED) is 0.856. The highest BCUT2D eigenvalue weighted by atomic mass is 19.1. The molecule has 7 heteroatoms. The minimum Gasteiger partial charge on any atom is -0.377 e. The number of hydrogen-bond acceptors (Lipinski definition) is 4. The number of halogens is 1. The number of ether oxygens (including phenoxy) is 2. The van der Waals surface area contributed by atoms with Crippen LogP contribution in [0.4, 0.5) is 9.18 Å². The number of nitrogens with one attached hydrogen (secondary N) is 1. The highest BCUT2D eigenvalue weighted by Gasteiger charge is 2.36. The van der Waals surface area contributed by atoms with E-state index in [-0.39, 0.29) is 30.0 Å². The van der Waals surface area contributed by atoms with Crippen molar-refractivity contribution in [2.75, 3.05) is 39.5 Å². The summed E-state index contributed by atoms with van der Waals surface area (Å²) in [5.74, 6) is -0.199. The second kappa shape index (κ2) is 9.20. The van der Waals surface area contributed by atoms with E-state index >= 15 is 0 Å². The number of benzene rings is 1. The number of urea groups is 1. The van der Waals surface area contributed by atoms with Gasteiger partial charge < -0.3 is 19.7 Å². The second-order valence-electron chi connectivity index (χ2n) is 8.01. The highest BCUT2D eigenvalue weighted by Crippen LogP contribution is 2.23. The van der Waals surface area contributed by atoms with Gasteiger partial charge in [-0.1, -0.05) is 12.1 Å². The molecule has 1 aromatic carbocycles. The maximum Gasteiger partial charge on any atom is 0.318 e. The molecule has 2 atom stereocenters. The Kier molecular flexibility index (Phi) is 6.44. The van der Waals surface area contributed by atoms with Crippen molar-refractivity contribution in [2.45, 2.75) is 50.4 Å². The Morgan fingerprint density at radius 2 is 1.89 bits per heavy atom. The summed E-state index contributed by atoms with van der Waals surface area (Å²) in [7, 11) is 0. The van der Waals surface area contributed by atoms with E-state index in [1.165, 1.54) is 12.1 Å². The Balaban J connectivity index is 1.25. The van der Waals surface area contributed by atoms with E-state index in [9.17, 15) is 9.18 Å². The number of piperidine rings is 1. The predicted octanol–water partition coefficient (Wildman–Crippen LogP) is 2.38. The van der Waals surface area contributed by atoms with Crippen LogP contribution in [-0.2, 0) is 16.0 Å². The Morgan fingerprint density at radius 3 is 2.61 bits per heavy atom.